The number of nitrogens with zero attached hydrogens (tertiary/aromatic N) is 1. The number of carbonyl (C=O) groups excluding carboxylic acids is 1. The van der Waals surface area contributed by atoms with Crippen LogP contribution in [0.1, 0.15) is 42.1 Å². The summed E-state index contributed by atoms with van der Waals surface area (Å²) in [6, 6.07) is 6.10. The zero-order valence-electron chi connectivity index (χ0n) is 11.6. The van der Waals surface area contributed by atoms with Crippen molar-refractivity contribution in [3.05, 3.63) is 29.3 Å². The molecule has 0 saturated heterocycles. The van der Waals surface area contributed by atoms with Crippen LogP contribution in [0.15, 0.2) is 18.2 Å². The summed E-state index contributed by atoms with van der Waals surface area (Å²) < 4.78 is 0. The molecule has 1 aliphatic carbocycles. The summed E-state index contributed by atoms with van der Waals surface area (Å²) in [5.41, 5.74) is 3.34. The fraction of sp³-hybridized carbons (Fsp3) is 0.562. The Hall–Kier alpha value is -1.51. The number of benzene rings is 1. The van der Waals surface area contributed by atoms with Crippen molar-refractivity contribution in [1.82, 2.24) is 4.90 Å². The number of carbonyl (C=O) groups is 1. The highest BCUT2D eigenvalue weighted by molar-refractivity contribution is 5.95. The lowest BCUT2D eigenvalue weighted by molar-refractivity contribution is 0.0747. The molecule has 2 aliphatic rings. The molecule has 1 saturated carbocycles. The van der Waals surface area contributed by atoms with E-state index in [0.717, 1.165) is 44.0 Å². The van der Waals surface area contributed by atoms with Crippen LogP contribution in [0, 0.1) is 5.92 Å². The van der Waals surface area contributed by atoms with E-state index in [1.807, 2.05) is 11.0 Å². The minimum absolute atomic E-state index is 0.212. The molecule has 1 aromatic rings. The SMILES string of the molecule is CCCN(CC1CC1)C(=O)c1ccc2c(c1)CCN2. The minimum atomic E-state index is 0.212. The largest absolute Gasteiger partial charge is 0.384 e. The van der Waals surface area contributed by atoms with Gasteiger partial charge >= 0.3 is 0 Å². The van der Waals surface area contributed by atoms with Crippen molar-refractivity contribution in [2.24, 2.45) is 5.92 Å². The van der Waals surface area contributed by atoms with Crippen molar-refractivity contribution in [3.63, 3.8) is 0 Å². The molecule has 0 atom stereocenters. The number of amides is 1. The van der Waals surface area contributed by atoms with E-state index in [2.05, 4.69) is 24.4 Å². The van der Waals surface area contributed by atoms with Gasteiger partial charge in [-0.15, -0.1) is 0 Å². The Balaban J connectivity index is 1.76. The smallest absolute Gasteiger partial charge is 0.253 e. The van der Waals surface area contributed by atoms with E-state index in [9.17, 15) is 4.79 Å². The lowest BCUT2D eigenvalue weighted by Crippen LogP contribution is -2.33. The van der Waals surface area contributed by atoms with Gasteiger partial charge < -0.3 is 10.2 Å². The average molecular weight is 258 g/mol. The lowest BCUT2D eigenvalue weighted by Gasteiger charge is -2.22. The number of nitrogens with one attached hydrogen (secondary N) is 1. The van der Waals surface area contributed by atoms with Gasteiger partial charge in [0, 0.05) is 30.9 Å². The van der Waals surface area contributed by atoms with E-state index >= 15 is 0 Å². The van der Waals surface area contributed by atoms with Gasteiger partial charge in [-0.25, -0.2) is 0 Å². The summed E-state index contributed by atoms with van der Waals surface area (Å²) in [5.74, 6) is 0.968. The van der Waals surface area contributed by atoms with Crippen LogP contribution in [0.3, 0.4) is 0 Å². The zero-order chi connectivity index (χ0) is 13.2. The molecule has 3 nitrogen and oxygen atoms in total. The predicted octanol–water partition coefficient (Wildman–Crippen LogP) is 2.92. The number of hydrogen-bond donors (Lipinski definition) is 1. The van der Waals surface area contributed by atoms with Crippen LogP contribution < -0.4 is 5.32 Å². The third-order valence-corrected chi connectivity index (χ3v) is 4.02. The molecule has 19 heavy (non-hydrogen) atoms. The van der Waals surface area contributed by atoms with E-state index < -0.39 is 0 Å². The summed E-state index contributed by atoms with van der Waals surface area (Å²) in [4.78, 5) is 14.6. The standard InChI is InChI=1S/C16H22N2O/c1-2-9-18(11-12-3-4-12)16(19)14-5-6-15-13(10-14)7-8-17-15/h5-6,10,12,17H,2-4,7-9,11H2,1H3. The molecule has 3 rings (SSSR count). The van der Waals surface area contributed by atoms with Crippen LogP contribution in [-0.4, -0.2) is 30.4 Å². The van der Waals surface area contributed by atoms with Gasteiger partial charge in [0.05, 0.1) is 0 Å². The molecule has 1 N–H and O–H groups in total. The Morgan fingerprint density at radius 1 is 1.42 bits per heavy atom. The molecule has 1 aromatic carbocycles. The van der Waals surface area contributed by atoms with Crippen molar-refractivity contribution >= 4 is 11.6 Å². The number of hydrogen-bond acceptors (Lipinski definition) is 2. The van der Waals surface area contributed by atoms with Gasteiger partial charge in [0.25, 0.3) is 5.91 Å². The molecule has 1 aliphatic heterocycles. The van der Waals surface area contributed by atoms with Gasteiger partial charge in [0.1, 0.15) is 0 Å². The summed E-state index contributed by atoms with van der Waals surface area (Å²) in [6.07, 6.45) is 4.65. The molecule has 102 valence electrons. The van der Waals surface area contributed by atoms with Gasteiger partial charge in [-0.2, -0.15) is 0 Å². The Labute approximate surface area is 115 Å². The normalized spacial score (nSPS) is 16.9. The maximum absolute atomic E-state index is 12.6. The highest BCUT2D eigenvalue weighted by Crippen LogP contribution is 2.30. The van der Waals surface area contributed by atoms with Gasteiger partial charge in [0.2, 0.25) is 0 Å². The molecule has 0 unspecified atom stereocenters. The second-order valence-corrected chi connectivity index (χ2v) is 5.74. The Morgan fingerprint density at radius 3 is 3.00 bits per heavy atom. The summed E-state index contributed by atoms with van der Waals surface area (Å²) in [5, 5.41) is 3.34. The number of anilines is 1. The van der Waals surface area contributed by atoms with Crippen molar-refractivity contribution in [1.29, 1.82) is 0 Å². The first-order valence-corrected chi connectivity index (χ1v) is 7.44. The van der Waals surface area contributed by atoms with Crippen LogP contribution >= 0.6 is 0 Å². The third-order valence-electron chi connectivity index (χ3n) is 4.02. The molecule has 0 aromatic heterocycles. The first-order chi connectivity index (χ1) is 9.28. The summed E-state index contributed by atoms with van der Waals surface area (Å²) in [6.45, 7) is 4.96. The molecule has 0 spiro atoms. The quantitative estimate of drug-likeness (QED) is 0.880. The zero-order valence-corrected chi connectivity index (χ0v) is 11.6. The molecule has 1 amide bonds. The van der Waals surface area contributed by atoms with Gasteiger partial charge in [-0.1, -0.05) is 6.92 Å². The Kier molecular flexibility index (Phi) is 3.45. The monoisotopic (exact) mass is 258 g/mol. The van der Waals surface area contributed by atoms with Crippen molar-refractivity contribution in [2.75, 3.05) is 25.0 Å². The molecular formula is C16H22N2O. The molecule has 3 heteroatoms. The van der Waals surface area contributed by atoms with E-state index in [0.29, 0.717) is 0 Å². The highest BCUT2D eigenvalue weighted by atomic mass is 16.2. The van der Waals surface area contributed by atoms with Crippen molar-refractivity contribution in [2.45, 2.75) is 32.6 Å². The average Bonchev–Trinajstić information content (AvgIpc) is 3.11. The fourth-order valence-electron chi connectivity index (χ4n) is 2.78. The molecular weight excluding hydrogens is 236 g/mol. The topological polar surface area (TPSA) is 32.3 Å². The van der Waals surface area contributed by atoms with Crippen LogP contribution in [0.2, 0.25) is 0 Å². The molecule has 1 fully saturated rings. The first-order valence-electron chi connectivity index (χ1n) is 7.44. The molecule has 0 bridgehead atoms. The third kappa shape index (κ3) is 2.75. The maximum Gasteiger partial charge on any atom is 0.253 e. The van der Waals surface area contributed by atoms with Gasteiger partial charge in [-0.05, 0) is 55.4 Å². The van der Waals surface area contributed by atoms with Crippen molar-refractivity contribution in [3.8, 4) is 0 Å². The second kappa shape index (κ2) is 5.24. The maximum atomic E-state index is 12.6. The van der Waals surface area contributed by atoms with Crippen LogP contribution in [0.4, 0.5) is 5.69 Å². The van der Waals surface area contributed by atoms with Crippen molar-refractivity contribution < 1.29 is 4.79 Å². The van der Waals surface area contributed by atoms with Gasteiger partial charge in [0.15, 0.2) is 0 Å². The van der Waals surface area contributed by atoms with Crippen LogP contribution in [-0.2, 0) is 6.42 Å². The fourth-order valence-corrected chi connectivity index (χ4v) is 2.78. The highest BCUT2D eigenvalue weighted by Gasteiger charge is 2.27. The molecule has 0 radical (unpaired) electrons. The second-order valence-electron chi connectivity index (χ2n) is 5.74. The van der Waals surface area contributed by atoms with Gasteiger partial charge in [-0.3, -0.25) is 4.79 Å². The number of rotatable bonds is 5. The first kappa shape index (κ1) is 12.5. The van der Waals surface area contributed by atoms with Crippen LogP contribution in [0.25, 0.3) is 0 Å². The Bertz CT molecular complexity index is 480. The van der Waals surface area contributed by atoms with E-state index in [1.54, 1.807) is 0 Å². The lowest BCUT2D eigenvalue weighted by atomic mass is 10.1. The summed E-state index contributed by atoms with van der Waals surface area (Å²) >= 11 is 0. The van der Waals surface area contributed by atoms with E-state index in [4.69, 9.17) is 0 Å². The minimum Gasteiger partial charge on any atom is -0.384 e. The van der Waals surface area contributed by atoms with E-state index in [1.165, 1.54) is 24.1 Å². The van der Waals surface area contributed by atoms with E-state index in [-0.39, 0.29) is 5.91 Å². The Morgan fingerprint density at radius 2 is 2.26 bits per heavy atom. The van der Waals surface area contributed by atoms with Crippen LogP contribution in [0.5, 0.6) is 0 Å². The predicted molar refractivity (Wildman–Crippen MR) is 77.6 cm³/mol. The molecule has 1 heterocycles. The number of fused-ring (bicyclic) bond motifs is 1. The summed E-state index contributed by atoms with van der Waals surface area (Å²) in [7, 11) is 0.